The highest BCUT2D eigenvalue weighted by Crippen LogP contribution is 2.54. The molecule has 1 fully saturated rings. The highest BCUT2D eigenvalue weighted by atomic mass is 79.9. The van der Waals surface area contributed by atoms with Gasteiger partial charge in [0, 0.05) is 21.8 Å². The smallest absolute Gasteiger partial charge is 0.327 e. The molecule has 1 spiro atoms. The maximum absolute atomic E-state index is 14.0. The van der Waals surface area contributed by atoms with E-state index in [4.69, 9.17) is 4.74 Å². The zero-order valence-electron chi connectivity index (χ0n) is 11.4. The van der Waals surface area contributed by atoms with Crippen molar-refractivity contribution < 1.29 is 23.4 Å². The van der Waals surface area contributed by atoms with Crippen molar-refractivity contribution in [2.24, 2.45) is 0 Å². The summed E-state index contributed by atoms with van der Waals surface area (Å²) in [6, 6.07) is 5.74. The van der Waals surface area contributed by atoms with E-state index in [0.717, 1.165) is 0 Å². The van der Waals surface area contributed by atoms with Crippen LogP contribution in [0.3, 0.4) is 0 Å². The quantitative estimate of drug-likeness (QED) is 0.734. The minimum Gasteiger partial charge on any atom is -0.508 e. The second-order valence-electron chi connectivity index (χ2n) is 5.53. The van der Waals surface area contributed by atoms with Gasteiger partial charge in [0.15, 0.2) is 0 Å². The lowest BCUT2D eigenvalue weighted by Gasteiger charge is -2.36. The molecule has 2 N–H and O–H groups in total. The van der Waals surface area contributed by atoms with Crippen molar-refractivity contribution in [1.82, 2.24) is 10.3 Å². The van der Waals surface area contributed by atoms with Gasteiger partial charge in [-0.3, -0.25) is 4.79 Å². The van der Waals surface area contributed by atoms with Crippen molar-refractivity contribution in [2.45, 2.75) is 17.9 Å². The molecule has 2 aromatic rings. The minimum atomic E-state index is -3.53. The standard InChI is InChI=1S/C15H9BrF2N2O3/c16-7-3-10-12(19-5-7)23-11-2-1-8(21)4-9(11)14(10)6-15(17,18)13(22)20-14/h1-5,21H,6H2,(H,20,22). The molecule has 23 heavy (non-hydrogen) atoms. The van der Waals surface area contributed by atoms with Crippen LogP contribution in [-0.4, -0.2) is 21.9 Å². The average molecular weight is 383 g/mol. The number of aromatic hydroxyl groups is 1. The van der Waals surface area contributed by atoms with Crippen molar-refractivity contribution >= 4 is 21.8 Å². The Hall–Kier alpha value is -2.22. The number of fused-ring (bicyclic) bond motifs is 4. The molecule has 2 aliphatic heterocycles. The maximum Gasteiger partial charge on any atom is 0.327 e. The first kappa shape index (κ1) is 14.4. The van der Waals surface area contributed by atoms with Crippen LogP contribution < -0.4 is 10.1 Å². The average Bonchev–Trinajstić information content (AvgIpc) is 2.72. The van der Waals surface area contributed by atoms with Crippen molar-refractivity contribution in [3.63, 3.8) is 0 Å². The second-order valence-corrected chi connectivity index (χ2v) is 6.45. The summed E-state index contributed by atoms with van der Waals surface area (Å²) < 4.78 is 34.2. The van der Waals surface area contributed by atoms with Crippen LogP contribution in [0.2, 0.25) is 0 Å². The third-order valence-corrected chi connectivity index (χ3v) is 4.49. The number of hydrogen-bond acceptors (Lipinski definition) is 4. The van der Waals surface area contributed by atoms with E-state index in [1.165, 1.54) is 24.4 Å². The Bertz CT molecular complexity index is 805. The summed E-state index contributed by atoms with van der Waals surface area (Å²) in [4.78, 5) is 15.9. The fourth-order valence-electron chi connectivity index (χ4n) is 3.07. The Balaban J connectivity index is 2.03. The third-order valence-electron chi connectivity index (χ3n) is 4.05. The number of phenolic OH excluding ortho intramolecular Hbond substituents is 1. The largest absolute Gasteiger partial charge is 0.508 e. The van der Waals surface area contributed by atoms with Gasteiger partial charge in [0.25, 0.3) is 5.91 Å². The molecule has 1 saturated heterocycles. The SMILES string of the molecule is O=C1NC2(CC1(F)F)c1cc(O)ccc1Oc1ncc(Br)cc12. The predicted octanol–water partition coefficient (Wildman–Crippen LogP) is 3.05. The highest BCUT2D eigenvalue weighted by molar-refractivity contribution is 9.10. The molecule has 3 heterocycles. The number of phenols is 1. The molecule has 0 bridgehead atoms. The van der Waals surface area contributed by atoms with E-state index in [9.17, 15) is 18.7 Å². The molecular weight excluding hydrogens is 374 g/mol. The minimum absolute atomic E-state index is 0.109. The Morgan fingerprint density at radius 2 is 2.09 bits per heavy atom. The number of benzene rings is 1. The number of rotatable bonds is 0. The summed E-state index contributed by atoms with van der Waals surface area (Å²) in [7, 11) is 0. The van der Waals surface area contributed by atoms with E-state index in [1.54, 1.807) is 6.07 Å². The number of pyridine rings is 1. The summed E-state index contributed by atoms with van der Waals surface area (Å²) in [5.74, 6) is -4.59. The summed E-state index contributed by atoms with van der Waals surface area (Å²) in [6.45, 7) is 0. The Labute approximate surface area is 137 Å². The number of hydrogen-bond donors (Lipinski definition) is 2. The van der Waals surface area contributed by atoms with Gasteiger partial charge in [-0.2, -0.15) is 8.78 Å². The molecule has 0 saturated carbocycles. The third kappa shape index (κ3) is 1.94. The summed E-state index contributed by atoms with van der Waals surface area (Å²) in [5, 5.41) is 12.1. The molecular formula is C15H9BrF2N2O3. The molecule has 2 aliphatic rings. The highest BCUT2D eigenvalue weighted by Gasteiger charge is 2.60. The van der Waals surface area contributed by atoms with Crippen molar-refractivity contribution in [1.29, 1.82) is 0 Å². The number of alkyl halides is 2. The lowest BCUT2D eigenvalue weighted by Crippen LogP contribution is -2.42. The van der Waals surface area contributed by atoms with Gasteiger partial charge in [0.05, 0.1) is 6.42 Å². The Morgan fingerprint density at radius 3 is 2.78 bits per heavy atom. The number of nitrogens with one attached hydrogen (secondary N) is 1. The fraction of sp³-hybridized carbons (Fsp3) is 0.200. The Kier molecular flexibility index (Phi) is 2.76. The van der Waals surface area contributed by atoms with Crippen LogP contribution >= 0.6 is 15.9 Å². The zero-order chi connectivity index (χ0) is 16.4. The molecule has 1 atom stereocenters. The molecule has 5 nitrogen and oxygen atoms in total. The van der Waals surface area contributed by atoms with Crippen molar-refractivity contribution in [3.05, 3.63) is 46.1 Å². The van der Waals surface area contributed by atoms with E-state index in [1.807, 2.05) is 0 Å². The first-order valence-corrected chi connectivity index (χ1v) is 7.49. The van der Waals surface area contributed by atoms with Gasteiger partial charge in [0.1, 0.15) is 17.0 Å². The number of carbonyl (C=O) groups excluding carboxylic acids is 1. The number of amides is 1. The van der Waals surface area contributed by atoms with E-state index >= 15 is 0 Å². The van der Waals surface area contributed by atoms with Gasteiger partial charge in [-0.1, -0.05) is 0 Å². The lowest BCUT2D eigenvalue weighted by atomic mass is 9.79. The van der Waals surface area contributed by atoms with Gasteiger partial charge in [-0.05, 0) is 40.2 Å². The molecule has 4 rings (SSSR count). The van der Waals surface area contributed by atoms with Crippen LogP contribution in [0, 0.1) is 0 Å². The van der Waals surface area contributed by atoms with E-state index in [0.29, 0.717) is 10.0 Å². The molecule has 1 aromatic heterocycles. The molecule has 118 valence electrons. The number of ether oxygens (including phenoxy) is 1. The van der Waals surface area contributed by atoms with Gasteiger partial charge in [-0.25, -0.2) is 4.98 Å². The number of nitrogens with zero attached hydrogens (tertiary/aromatic N) is 1. The van der Waals surface area contributed by atoms with Gasteiger partial charge in [-0.15, -0.1) is 0 Å². The molecule has 0 aliphatic carbocycles. The van der Waals surface area contributed by atoms with Crippen molar-refractivity contribution in [3.8, 4) is 17.4 Å². The van der Waals surface area contributed by atoms with Crippen LogP contribution in [-0.2, 0) is 10.3 Å². The maximum atomic E-state index is 14.0. The molecule has 1 aromatic carbocycles. The van der Waals surface area contributed by atoms with Gasteiger partial charge >= 0.3 is 5.92 Å². The summed E-state index contributed by atoms with van der Waals surface area (Å²) >= 11 is 3.25. The first-order chi connectivity index (χ1) is 10.8. The molecule has 1 unspecified atom stereocenters. The molecule has 0 radical (unpaired) electrons. The number of aromatic nitrogens is 1. The predicted molar refractivity (Wildman–Crippen MR) is 78.6 cm³/mol. The van der Waals surface area contributed by atoms with Gasteiger partial charge in [0.2, 0.25) is 5.88 Å². The topological polar surface area (TPSA) is 71.5 Å². The fourth-order valence-corrected chi connectivity index (χ4v) is 3.40. The number of carbonyl (C=O) groups is 1. The van der Waals surface area contributed by atoms with Crippen LogP contribution in [0.15, 0.2) is 34.9 Å². The zero-order valence-corrected chi connectivity index (χ0v) is 13.0. The Morgan fingerprint density at radius 1 is 1.30 bits per heavy atom. The van der Waals surface area contributed by atoms with Crippen LogP contribution in [0.1, 0.15) is 17.5 Å². The normalized spacial score (nSPS) is 23.9. The van der Waals surface area contributed by atoms with Crippen LogP contribution in [0.25, 0.3) is 0 Å². The van der Waals surface area contributed by atoms with Crippen molar-refractivity contribution in [2.75, 3.05) is 0 Å². The lowest BCUT2D eigenvalue weighted by molar-refractivity contribution is -0.139. The second kappa shape index (κ2) is 4.41. The summed E-state index contributed by atoms with van der Waals surface area (Å²) in [5.41, 5.74) is -0.912. The first-order valence-electron chi connectivity index (χ1n) is 6.70. The number of halogens is 3. The van der Waals surface area contributed by atoms with E-state index in [2.05, 4.69) is 26.2 Å². The van der Waals surface area contributed by atoms with Crippen LogP contribution in [0.5, 0.6) is 17.4 Å². The molecule has 1 amide bonds. The monoisotopic (exact) mass is 382 g/mol. The molecule has 8 heteroatoms. The van der Waals surface area contributed by atoms with Gasteiger partial charge < -0.3 is 15.2 Å². The van der Waals surface area contributed by atoms with E-state index < -0.39 is 23.8 Å². The van der Waals surface area contributed by atoms with Crippen LogP contribution in [0.4, 0.5) is 8.78 Å². The van der Waals surface area contributed by atoms with E-state index in [-0.39, 0.29) is 22.9 Å². The summed E-state index contributed by atoms with van der Waals surface area (Å²) in [6.07, 6.45) is 0.705.